The summed E-state index contributed by atoms with van der Waals surface area (Å²) in [4.78, 5) is 14.8. The lowest BCUT2D eigenvalue weighted by atomic mass is 10.1. The van der Waals surface area contributed by atoms with Crippen LogP contribution >= 0.6 is 47.2 Å². The number of carbonyl (C=O) groups excluding carboxylic acids is 1. The van der Waals surface area contributed by atoms with E-state index in [4.69, 9.17) is 44.9 Å². The molecule has 0 radical (unpaired) electrons. The normalized spacial score (nSPS) is 15.7. The van der Waals surface area contributed by atoms with Crippen LogP contribution in [0, 0.1) is 0 Å². The maximum atomic E-state index is 12.9. The average Bonchev–Trinajstić information content (AvgIpc) is 2.91. The van der Waals surface area contributed by atoms with E-state index < -0.39 is 0 Å². The zero-order valence-electron chi connectivity index (χ0n) is 13.8. The van der Waals surface area contributed by atoms with Gasteiger partial charge in [0.1, 0.15) is 11.5 Å². The number of methoxy groups -OCH3 is 2. The molecule has 0 bridgehead atoms. The number of hydrogen-bond acceptors (Lipinski definition) is 5. The molecule has 2 aromatic rings. The van der Waals surface area contributed by atoms with Crippen LogP contribution in [0.2, 0.25) is 10.0 Å². The van der Waals surface area contributed by atoms with Crippen LogP contribution in [0.1, 0.15) is 5.56 Å². The third-order valence-electron chi connectivity index (χ3n) is 3.68. The third kappa shape index (κ3) is 3.69. The summed E-state index contributed by atoms with van der Waals surface area (Å²) >= 11 is 18.6. The van der Waals surface area contributed by atoms with Gasteiger partial charge in [0, 0.05) is 5.56 Å². The molecule has 4 nitrogen and oxygen atoms in total. The molecule has 0 aliphatic carbocycles. The molecule has 0 atom stereocenters. The fourth-order valence-corrected chi connectivity index (χ4v) is 3.99. The van der Waals surface area contributed by atoms with Gasteiger partial charge >= 0.3 is 0 Å². The summed E-state index contributed by atoms with van der Waals surface area (Å²) in [6, 6.07) is 10.3. The van der Waals surface area contributed by atoms with Crippen molar-refractivity contribution in [3.05, 3.63) is 56.9 Å². The van der Waals surface area contributed by atoms with E-state index in [2.05, 4.69) is 0 Å². The highest BCUT2D eigenvalue weighted by Crippen LogP contribution is 2.39. The molecule has 1 saturated heterocycles. The second-order valence-electron chi connectivity index (χ2n) is 5.22. The minimum atomic E-state index is -0.233. The third-order valence-corrected chi connectivity index (χ3v) is 5.72. The first-order chi connectivity index (χ1) is 12.4. The van der Waals surface area contributed by atoms with E-state index in [1.54, 1.807) is 56.7 Å². The van der Waals surface area contributed by atoms with E-state index in [1.807, 2.05) is 0 Å². The summed E-state index contributed by atoms with van der Waals surface area (Å²) in [6.45, 7) is 0. The van der Waals surface area contributed by atoms with Crippen molar-refractivity contribution in [1.82, 2.24) is 0 Å². The molecule has 0 unspecified atom stereocenters. The Balaban J connectivity index is 1.98. The van der Waals surface area contributed by atoms with Crippen molar-refractivity contribution in [1.29, 1.82) is 0 Å². The minimum absolute atomic E-state index is 0.233. The van der Waals surface area contributed by atoms with Gasteiger partial charge in [0.2, 0.25) is 0 Å². The topological polar surface area (TPSA) is 38.8 Å². The number of benzene rings is 2. The van der Waals surface area contributed by atoms with E-state index in [1.165, 1.54) is 16.7 Å². The molecule has 1 aliphatic heterocycles. The van der Waals surface area contributed by atoms with Gasteiger partial charge in [0.05, 0.1) is 34.9 Å². The number of thiocarbonyl (C=S) groups is 1. The Morgan fingerprint density at radius 1 is 1.08 bits per heavy atom. The van der Waals surface area contributed by atoms with E-state index >= 15 is 0 Å². The number of amides is 1. The van der Waals surface area contributed by atoms with Crippen molar-refractivity contribution < 1.29 is 14.3 Å². The van der Waals surface area contributed by atoms with Crippen molar-refractivity contribution in [2.45, 2.75) is 0 Å². The predicted octanol–water partition coefficient (Wildman–Crippen LogP) is 5.42. The van der Waals surface area contributed by atoms with Crippen molar-refractivity contribution in [2.75, 3.05) is 19.1 Å². The number of anilines is 1. The quantitative estimate of drug-likeness (QED) is 0.483. The highest BCUT2D eigenvalue weighted by atomic mass is 35.5. The number of nitrogens with zero attached hydrogens (tertiary/aromatic N) is 1. The Bertz CT molecular complexity index is 931. The number of hydrogen-bond donors (Lipinski definition) is 0. The van der Waals surface area contributed by atoms with Crippen LogP contribution in [0.25, 0.3) is 6.08 Å². The van der Waals surface area contributed by atoms with Gasteiger partial charge in [-0.2, -0.15) is 0 Å². The summed E-state index contributed by atoms with van der Waals surface area (Å²) in [5, 5.41) is 0.772. The maximum absolute atomic E-state index is 12.9. The first kappa shape index (κ1) is 19.0. The Morgan fingerprint density at radius 2 is 1.85 bits per heavy atom. The van der Waals surface area contributed by atoms with Crippen molar-refractivity contribution in [3.63, 3.8) is 0 Å². The van der Waals surface area contributed by atoms with Crippen LogP contribution in [0.4, 0.5) is 5.69 Å². The molecule has 0 aromatic heterocycles. The monoisotopic (exact) mass is 425 g/mol. The largest absolute Gasteiger partial charge is 0.497 e. The second kappa shape index (κ2) is 7.88. The van der Waals surface area contributed by atoms with Crippen molar-refractivity contribution in [3.8, 4) is 11.5 Å². The molecule has 1 aliphatic rings. The average molecular weight is 426 g/mol. The van der Waals surface area contributed by atoms with Crippen molar-refractivity contribution in [2.24, 2.45) is 0 Å². The summed E-state index contributed by atoms with van der Waals surface area (Å²) in [7, 11) is 3.15. The Hall–Kier alpha value is -1.73. The predicted molar refractivity (Wildman–Crippen MR) is 112 cm³/mol. The highest BCUT2D eigenvalue weighted by Gasteiger charge is 2.33. The number of ether oxygens (including phenoxy) is 2. The lowest BCUT2D eigenvalue weighted by molar-refractivity contribution is -0.113. The summed E-state index contributed by atoms with van der Waals surface area (Å²) in [5.41, 5.74) is 1.30. The van der Waals surface area contributed by atoms with Gasteiger partial charge < -0.3 is 9.47 Å². The van der Waals surface area contributed by atoms with Gasteiger partial charge in [-0.05, 0) is 42.5 Å². The molecule has 134 valence electrons. The van der Waals surface area contributed by atoms with Gasteiger partial charge in [-0.15, -0.1) is 0 Å². The van der Waals surface area contributed by atoms with Gasteiger partial charge in [-0.3, -0.25) is 9.69 Å². The smallest absolute Gasteiger partial charge is 0.270 e. The van der Waals surface area contributed by atoms with Crippen LogP contribution in [0.15, 0.2) is 41.3 Å². The van der Waals surface area contributed by atoms with Crippen LogP contribution in [0.5, 0.6) is 11.5 Å². The van der Waals surface area contributed by atoms with Gasteiger partial charge in [0.25, 0.3) is 5.91 Å². The van der Waals surface area contributed by atoms with Gasteiger partial charge in [-0.25, -0.2) is 0 Å². The molecule has 1 fully saturated rings. The van der Waals surface area contributed by atoms with E-state index in [-0.39, 0.29) is 5.91 Å². The summed E-state index contributed by atoms with van der Waals surface area (Å²) in [6.07, 6.45) is 1.73. The minimum Gasteiger partial charge on any atom is -0.497 e. The number of carbonyl (C=O) groups is 1. The molecule has 8 heteroatoms. The number of halogens is 2. The molecule has 26 heavy (non-hydrogen) atoms. The van der Waals surface area contributed by atoms with Crippen LogP contribution in [-0.2, 0) is 4.79 Å². The van der Waals surface area contributed by atoms with E-state index in [9.17, 15) is 4.79 Å². The number of rotatable bonds is 4. The summed E-state index contributed by atoms with van der Waals surface area (Å²) < 4.78 is 11.0. The zero-order chi connectivity index (χ0) is 18.8. The van der Waals surface area contributed by atoms with Gasteiger partial charge in [-0.1, -0.05) is 47.2 Å². The lowest BCUT2D eigenvalue weighted by Crippen LogP contribution is -2.27. The molecule has 0 N–H and O–H groups in total. The Kier molecular flexibility index (Phi) is 5.77. The zero-order valence-corrected chi connectivity index (χ0v) is 16.9. The van der Waals surface area contributed by atoms with Crippen LogP contribution in [-0.4, -0.2) is 24.4 Å². The SMILES string of the molecule is COc1ccc(OC)c(/C=C2/SC(=S)N(c3ccc(Cl)c(Cl)c3)C2=O)c1. The standard InChI is InChI=1S/C18H13Cl2NO3S2/c1-23-12-4-6-15(24-2)10(7-12)8-16-17(22)21(18(25)26-16)11-3-5-13(19)14(20)9-11/h3-9H,1-2H3/b16-8+. The molecule has 3 rings (SSSR count). The molecule has 2 aromatic carbocycles. The highest BCUT2D eigenvalue weighted by molar-refractivity contribution is 8.27. The molecular formula is C18H13Cl2NO3S2. The van der Waals surface area contributed by atoms with Crippen LogP contribution < -0.4 is 14.4 Å². The molecule has 0 saturated carbocycles. The molecule has 0 spiro atoms. The molecule has 1 heterocycles. The van der Waals surface area contributed by atoms with Crippen LogP contribution in [0.3, 0.4) is 0 Å². The lowest BCUT2D eigenvalue weighted by Gasteiger charge is -2.15. The van der Waals surface area contributed by atoms with Crippen molar-refractivity contribution >= 4 is 69.2 Å². The first-order valence-electron chi connectivity index (χ1n) is 7.39. The Morgan fingerprint density at radius 3 is 2.50 bits per heavy atom. The van der Waals surface area contributed by atoms with E-state index in [0.717, 1.165) is 5.56 Å². The first-order valence-corrected chi connectivity index (χ1v) is 9.37. The summed E-state index contributed by atoms with van der Waals surface area (Å²) in [5.74, 6) is 1.06. The maximum Gasteiger partial charge on any atom is 0.270 e. The fraction of sp³-hybridized carbons (Fsp3) is 0.111. The Labute approximate surface area is 170 Å². The van der Waals surface area contributed by atoms with E-state index in [0.29, 0.717) is 36.5 Å². The fourth-order valence-electron chi connectivity index (χ4n) is 2.41. The molecular weight excluding hydrogens is 413 g/mol. The number of thioether (sulfide) groups is 1. The molecule has 1 amide bonds. The second-order valence-corrected chi connectivity index (χ2v) is 7.71. The van der Waals surface area contributed by atoms with Gasteiger partial charge in [0.15, 0.2) is 4.32 Å².